The van der Waals surface area contributed by atoms with Crippen LogP contribution in [0.25, 0.3) is 0 Å². The van der Waals surface area contributed by atoms with Gasteiger partial charge in [-0.05, 0) is 48.9 Å². The minimum Gasteiger partial charge on any atom is -0.483 e. The Kier molecular flexibility index (Phi) is 5.88. The van der Waals surface area contributed by atoms with Crippen molar-refractivity contribution in [3.05, 3.63) is 65.7 Å². The zero-order chi connectivity index (χ0) is 24.7. The summed E-state index contributed by atoms with van der Waals surface area (Å²) in [4.78, 5) is 40.3. The van der Waals surface area contributed by atoms with Crippen LogP contribution in [0.15, 0.2) is 59.7 Å². The number of anilines is 2. The molecule has 0 spiro atoms. The van der Waals surface area contributed by atoms with Crippen molar-refractivity contribution in [2.45, 2.75) is 13.3 Å². The summed E-state index contributed by atoms with van der Waals surface area (Å²) in [6, 6.07) is 13.0. The first-order valence-electron chi connectivity index (χ1n) is 11.7. The number of imide groups is 1. The molecule has 35 heavy (non-hydrogen) atoms. The summed E-state index contributed by atoms with van der Waals surface area (Å²) in [5.74, 6) is -0.674. The van der Waals surface area contributed by atoms with Crippen LogP contribution in [0, 0.1) is 30.6 Å². The number of nitrogens with zero attached hydrogens (tertiary/aromatic N) is 3. The Labute approximate surface area is 204 Å². The number of allylic oxidation sites excluding steroid dienone is 2. The van der Waals surface area contributed by atoms with Crippen molar-refractivity contribution < 1.29 is 19.1 Å². The highest BCUT2D eigenvalue weighted by Gasteiger charge is 2.59. The van der Waals surface area contributed by atoms with E-state index in [1.807, 2.05) is 56.3 Å². The summed E-state index contributed by atoms with van der Waals surface area (Å²) in [5, 5.41) is 8.12. The highest BCUT2D eigenvalue weighted by atomic mass is 16.5. The lowest BCUT2D eigenvalue weighted by Crippen LogP contribution is -2.28. The number of hydrazone groups is 1. The van der Waals surface area contributed by atoms with Gasteiger partial charge in [-0.1, -0.05) is 30.4 Å². The van der Waals surface area contributed by atoms with Gasteiger partial charge in [-0.3, -0.25) is 14.4 Å². The third-order valence-corrected chi connectivity index (χ3v) is 7.05. The van der Waals surface area contributed by atoms with E-state index in [9.17, 15) is 14.4 Å². The second-order valence-corrected chi connectivity index (χ2v) is 9.50. The van der Waals surface area contributed by atoms with E-state index in [4.69, 9.17) is 4.74 Å². The maximum absolute atomic E-state index is 12.9. The van der Waals surface area contributed by atoms with Crippen molar-refractivity contribution in [1.29, 1.82) is 0 Å². The van der Waals surface area contributed by atoms with E-state index in [0.717, 1.165) is 28.4 Å². The highest BCUT2D eigenvalue weighted by Crippen LogP contribution is 2.52. The lowest BCUT2D eigenvalue weighted by Gasteiger charge is -2.16. The number of benzene rings is 2. The molecule has 1 saturated heterocycles. The number of ether oxygens (including phenoxy) is 1. The highest BCUT2D eigenvalue weighted by molar-refractivity contribution is 6.07. The molecular formula is C27H28N4O4. The molecule has 1 saturated carbocycles. The average molecular weight is 473 g/mol. The fourth-order valence-electron chi connectivity index (χ4n) is 5.20. The van der Waals surface area contributed by atoms with E-state index in [1.165, 1.54) is 6.21 Å². The molecule has 3 aliphatic rings. The molecule has 1 heterocycles. The maximum Gasteiger partial charge on any atom is 0.262 e. The number of aryl methyl sites for hydroxylation is 1. The molecule has 2 bridgehead atoms. The van der Waals surface area contributed by atoms with Gasteiger partial charge in [0.05, 0.1) is 18.1 Å². The van der Waals surface area contributed by atoms with E-state index in [0.29, 0.717) is 11.3 Å². The monoisotopic (exact) mass is 472 g/mol. The van der Waals surface area contributed by atoms with Crippen molar-refractivity contribution in [1.82, 2.24) is 5.01 Å². The molecule has 2 aromatic carbocycles. The Morgan fingerprint density at radius 3 is 2.46 bits per heavy atom. The van der Waals surface area contributed by atoms with Gasteiger partial charge in [-0.15, -0.1) is 0 Å². The number of fused-ring (bicyclic) bond motifs is 5. The Morgan fingerprint density at radius 2 is 1.80 bits per heavy atom. The zero-order valence-corrected chi connectivity index (χ0v) is 20.0. The number of amides is 3. The lowest BCUT2D eigenvalue weighted by atomic mass is 9.85. The summed E-state index contributed by atoms with van der Waals surface area (Å²) in [5.41, 5.74) is 3.13. The van der Waals surface area contributed by atoms with Gasteiger partial charge in [0.15, 0.2) is 6.61 Å². The van der Waals surface area contributed by atoms with Crippen LogP contribution in [0.1, 0.15) is 17.5 Å². The predicted octanol–water partition coefficient (Wildman–Crippen LogP) is 3.22. The molecule has 180 valence electrons. The number of para-hydroxylation sites is 1. The molecule has 4 unspecified atom stereocenters. The van der Waals surface area contributed by atoms with Gasteiger partial charge in [-0.2, -0.15) is 10.1 Å². The number of rotatable bonds is 7. The Morgan fingerprint density at radius 1 is 1.11 bits per heavy atom. The number of carbonyl (C=O) groups excluding carboxylic acids is 3. The predicted molar refractivity (Wildman–Crippen MR) is 133 cm³/mol. The molecule has 2 aromatic rings. The molecule has 2 aliphatic carbocycles. The van der Waals surface area contributed by atoms with Crippen LogP contribution in [0.4, 0.5) is 11.4 Å². The second kappa shape index (κ2) is 9.02. The van der Waals surface area contributed by atoms with Crippen LogP contribution in [-0.2, 0) is 14.4 Å². The van der Waals surface area contributed by atoms with Crippen LogP contribution < -0.4 is 15.0 Å². The SMILES string of the molecule is Cc1ccccc1NC(=O)COc1cc(N(C)C)ccc1C=NN1C(=O)C2C3C=CC(C3)C2C1=O. The van der Waals surface area contributed by atoms with Crippen molar-refractivity contribution in [3.8, 4) is 5.75 Å². The van der Waals surface area contributed by atoms with Crippen molar-refractivity contribution in [2.75, 3.05) is 30.9 Å². The molecule has 1 N–H and O–H groups in total. The van der Waals surface area contributed by atoms with Gasteiger partial charge in [-0.25, -0.2) is 0 Å². The molecule has 1 aliphatic heterocycles. The Bertz CT molecular complexity index is 1220. The van der Waals surface area contributed by atoms with Gasteiger partial charge in [0.2, 0.25) is 0 Å². The third kappa shape index (κ3) is 4.20. The van der Waals surface area contributed by atoms with Crippen LogP contribution >= 0.6 is 0 Å². The first-order valence-corrected chi connectivity index (χ1v) is 11.7. The van der Waals surface area contributed by atoms with Gasteiger partial charge >= 0.3 is 0 Å². The molecule has 2 fully saturated rings. The average Bonchev–Trinajstić information content (AvgIpc) is 3.52. The Hall–Kier alpha value is -3.94. The molecule has 0 aromatic heterocycles. The summed E-state index contributed by atoms with van der Waals surface area (Å²) in [7, 11) is 3.81. The Balaban J connectivity index is 1.32. The minimum atomic E-state index is -0.299. The quantitative estimate of drug-likeness (QED) is 0.380. The lowest BCUT2D eigenvalue weighted by molar-refractivity contribution is -0.140. The summed E-state index contributed by atoms with van der Waals surface area (Å²) >= 11 is 0. The smallest absolute Gasteiger partial charge is 0.262 e. The molecule has 0 radical (unpaired) electrons. The van der Waals surface area contributed by atoms with E-state index >= 15 is 0 Å². The van der Waals surface area contributed by atoms with E-state index in [1.54, 1.807) is 12.1 Å². The standard InChI is InChI=1S/C27H28N4O4/c1-16-6-4-5-7-21(16)29-23(32)15-35-22-13-20(30(2)3)11-10-19(22)14-28-31-26(33)24-17-8-9-18(12-17)25(24)27(31)34/h4-11,13-14,17-18,24-25H,12,15H2,1-3H3,(H,29,32). The van der Waals surface area contributed by atoms with Crippen LogP contribution in [0.2, 0.25) is 0 Å². The summed E-state index contributed by atoms with van der Waals surface area (Å²) in [6.45, 7) is 1.72. The van der Waals surface area contributed by atoms with Crippen LogP contribution in [0.5, 0.6) is 5.75 Å². The largest absolute Gasteiger partial charge is 0.483 e. The van der Waals surface area contributed by atoms with Crippen molar-refractivity contribution in [2.24, 2.45) is 28.8 Å². The molecule has 8 heteroatoms. The minimum absolute atomic E-state index is 0.131. The normalized spacial score (nSPS) is 24.4. The van der Waals surface area contributed by atoms with Gasteiger partial charge in [0, 0.05) is 37.1 Å². The van der Waals surface area contributed by atoms with Gasteiger partial charge in [0.25, 0.3) is 17.7 Å². The van der Waals surface area contributed by atoms with E-state index in [2.05, 4.69) is 22.6 Å². The summed E-state index contributed by atoms with van der Waals surface area (Å²) in [6.07, 6.45) is 6.44. The number of hydrogen-bond donors (Lipinski definition) is 1. The van der Waals surface area contributed by atoms with Crippen molar-refractivity contribution in [3.63, 3.8) is 0 Å². The summed E-state index contributed by atoms with van der Waals surface area (Å²) < 4.78 is 5.86. The number of nitrogens with one attached hydrogen (secondary N) is 1. The number of carbonyl (C=O) groups is 3. The maximum atomic E-state index is 12.9. The van der Waals surface area contributed by atoms with E-state index in [-0.39, 0.29) is 48.0 Å². The fraction of sp³-hybridized carbons (Fsp3) is 0.333. The number of hydrogen-bond acceptors (Lipinski definition) is 6. The van der Waals surface area contributed by atoms with Gasteiger partial charge in [0.1, 0.15) is 5.75 Å². The first-order chi connectivity index (χ1) is 16.8. The molecule has 3 amide bonds. The van der Waals surface area contributed by atoms with Crippen molar-refractivity contribution >= 4 is 35.3 Å². The third-order valence-electron chi connectivity index (χ3n) is 7.05. The van der Waals surface area contributed by atoms with Crippen LogP contribution in [-0.4, -0.2) is 49.6 Å². The molecule has 8 nitrogen and oxygen atoms in total. The van der Waals surface area contributed by atoms with E-state index < -0.39 is 0 Å². The van der Waals surface area contributed by atoms with Crippen LogP contribution in [0.3, 0.4) is 0 Å². The fourth-order valence-corrected chi connectivity index (χ4v) is 5.20. The molecule has 4 atom stereocenters. The van der Waals surface area contributed by atoms with Gasteiger partial charge < -0.3 is 15.0 Å². The zero-order valence-electron chi connectivity index (χ0n) is 20.0. The molecular weight excluding hydrogens is 444 g/mol. The first kappa shape index (κ1) is 22.8. The molecule has 5 rings (SSSR count). The second-order valence-electron chi connectivity index (χ2n) is 9.50. The topological polar surface area (TPSA) is 91.3 Å².